The highest BCUT2D eigenvalue weighted by Crippen LogP contribution is 2.29. The third-order valence-corrected chi connectivity index (χ3v) is 8.22. The van der Waals surface area contributed by atoms with Crippen molar-refractivity contribution in [2.75, 3.05) is 19.7 Å². The lowest BCUT2D eigenvalue weighted by atomic mass is 10.1. The quantitative estimate of drug-likeness (QED) is 0.221. The number of aryl methyl sites for hydroxylation is 3. The summed E-state index contributed by atoms with van der Waals surface area (Å²) in [4.78, 5) is 13.6. The number of ether oxygens (including phenoxy) is 1. The highest BCUT2D eigenvalue weighted by Gasteiger charge is 2.20. The average molecular weight is 534 g/mol. The van der Waals surface area contributed by atoms with Crippen LogP contribution in [0.5, 0.6) is 5.75 Å². The molecule has 3 aromatic heterocycles. The van der Waals surface area contributed by atoms with E-state index in [0.29, 0.717) is 5.92 Å². The third-order valence-electron chi connectivity index (χ3n) is 7.37. The molecule has 5 nitrogen and oxygen atoms in total. The Morgan fingerprint density at radius 1 is 1.11 bits per heavy atom. The van der Waals surface area contributed by atoms with Crippen LogP contribution in [0.4, 0.5) is 0 Å². The molecule has 192 valence electrons. The van der Waals surface area contributed by atoms with Gasteiger partial charge in [0.1, 0.15) is 5.75 Å². The second kappa shape index (κ2) is 11.1. The Bertz CT molecular complexity index is 1510. The average Bonchev–Trinajstić information content (AvgIpc) is 3.70. The predicted octanol–water partition coefficient (Wildman–Crippen LogP) is 6.47. The van der Waals surface area contributed by atoms with E-state index in [1.807, 2.05) is 36.0 Å². The van der Waals surface area contributed by atoms with Gasteiger partial charge in [-0.1, -0.05) is 30.3 Å². The number of para-hydroxylation sites is 1. The summed E-state index contributed by atoms with van der Waals surface area (Å²) in [5, 5.41) is 6.48. The maximum atomic E-state index is 13.6. The number of rotatable bonds is 9. The van der Waals surface area contributed by atoms with Gasteiger partial charge in [-0.15, -0.1) is 23.7 Å². The fraction of sp³-hybridized carbons (Fsp3) is 0.300. The molecule has 1 aliphatic rings. The van der Waals surface area contributed by atoms with Gasteiger partial charge in [-0.05, 0) is 67.1 Å². The number of hydrogen-bond acceptors (Lipinski definition) is 4. The Hall–Kier alpha value is -3.06. The number of carbonyl (C=O) groups is 1. The summed E-state index contributed by atoms with van der Waals surface area (Å²) >= 11 is 1.67. The molecule has 4 heterocycles. The minimum absolute atomic E-state index is 0. The molecule has 0 bridgehead atoms. The zero-order chi connectivity index (χ0) is 24.5. The maximum absolute atomic E-state index is 13.6. The minimum atomic E-state index is 0. The number of hydrogen-bond donors (Lipinski definition) is 1. The van der Waals surface area contributed by atoms with Gasteiger partial charge in [0.25, 0.3) is 0 Å². The van der Waals surface area contributed by atoms with E-state index in [0.717, 1.165) is 77.2 Å². The smallest absolute Gasteiger partial charge is 0.211 e. The van der Waals surface area contributed by atoms with Crippen LogP contribution < -0.4 is 10.1 Å². The number of halogens is 1. The first-order valence-corrected chi connectivity index (χ1v) is 13.6. The van der Waals surface area contributed by atoms with E-state index >= 15 is 0 Å². The number of aromatic nitrogens is 2. The zero-order valence-corrected chi connectivity index (χ0v) is 22.6. The van der Waals surface area contributed by atoms with Crippen molar-refractivity contribution < 1.29 is 9.53 Å². The van der Waals surface area contributed by atoms with Crippen molar-refractivity contribution in [3.05, 3.63) is 89.1 Å². The van der Waals surface area contributed by atoms with Crippen LogP contribution in [0.1, 0.15) is 34.5 Å². The molecule has 7 heteroatoms. The van der Waals surface area contributed by atoms with Crippen LogP contribution in [0.3, 0.4) is 0 Å². The number of thiophene rings is 1. The van der Waals surface area contributed by atoms with Gasteiger partial charge in [0, 0.05) is 48.7 Å². The van der Waals surface area contributed by atoms with Crippen molar-refractivity contribution in [3.63, 3.8) is 0 Å². The molecular weight excluding hydrogens is 502 g/mol. The summed E-state index contributed by atoms with van der Waals surface area (Å²) in [6.07, 6.45) is 5.23. The van der Waals surface area contributed by atoms with Crippen molar-refractivity contribution >= 4 is 50.6 Å². The molecule has 1 N–H and O–H groups in total. The summed E-state index contributed by atoms with van der Waals surface area (Å²) in [5.74, 6) is 1.65. The molecule has 1 aliphatic heterocycles. The molecule has 0 spiro atoms. The SMILES string of the molecule is Cl.Cn1c(C(=O)c2cn(CCCc3ccc(OCC4CCNC4)cc3)c3ccccc23)cc2sccc21. The molecule has 1 unspecified atom stereocenters. The largest absolute Gasteiger partial charge is 0.493 e. The van der Waals surface area contributed by atoms with Crippen molar-refractivity contribution in [3.8, 4) is 5.75 Å². The Morgan fingerprint density at radius 3 is 2.73 bits per heavy atom. The Morgan fingerprint density at radius 2 is 1.95 bits per heavy atom. The van der Waals surface area contributed by atoms with Crippen LogP contribution in [0, 0.1) is 5.92 Å². The predicted molar refractivity (Wildman–Crippen MR) is 155 cm³/mol. The lowest BCUT2D eigenvalue weighted by molar-refractivity contribution is 0.103. The van der Waals surface area contributed by atoms with Gasteiger partial charge in [0.05, 0.1) is 22.5 Å². The molecule has 0 aliphatic carbocycles. The van der Waals surface area contributed by atoms with E-state index < -0.39 is 0 Å². The minimum Gasteiger partial charge on any atom is -0.493 e. The summed E-state index contributed by atoms with van der Waals surface area (Å²) < 4.78 is 11.4. The van der Waals surface area contributed by atoms with Crippen molar-refractivity contribution in [1.29, 1.82) is 0 Å². The normalized spacial score (nSPS) is 15.3. The van der Waals surface area contributed by atoms with Crippen molar-refractivity contribution in [2.45, 2.75) is 25.8 Å². The number of carbonyl (C=O) groups excluding carboxylic acids is 1. The number of ketones is 1. The lowest BCUT2D eigenvalue weighted by Gasteiger charge is -2.11. The number of fused-ring (bicyclic) bond motifs is 2. The first-order chi connectivity index (χ1) is 17.7. The van der Waals surface area contributed by atoms with Crippen LogP contribution >= 0.6 is 23.7 Å². The van der Waals surface area contributed by atoms with E-state index in [2.05, 4.69) is 57.7 Å². The Kier molecular flexibility index (Phi) is 7.70. The number of nitrogens with zero attached hydrogens (tertiary/aromatic N) is 2. The third kappa shape index (κ3) is 5.19. The van der Waals surface area contributed by atoms with Gasteiger partial charge >= 0.3 is 0 Å². The maximum Gasteiger partial charge on any atom is 0.211 e. The van der Waals surface area contributed by atoms with Crippen LogP contribution in [0.15, 0.2) is 72.2 Å². The van der Waals surface area contributed by atoms with Gasteiger partial charge in [0.15, 0.2) is 0 Å². The van der Waals surface area contributed by atoms with E-state index in [1.54, 1.807) is 11.3 Å². The molecule has 5 aromatic rings. The van der Waals surface area contributed by atoms with Gasteiger partial charge in [-0.3, -0.25) is 4.79 Å². The number of benzene rings is 2. The first kappa shape index (κ1) is 25.6. The van der Waals surface area contributed by atoms with E-state index in [1.165, 1.54) is 12.0 Å². The van der Waals surface area contributed by atoms with Gasteiger partial charge in [-0.2, -0.15) is 0 Å². The Labute approximate surface area is 227 Å². The summed E-state index contributed by atoms with van der Waals surface area (Å²) in [5.41, 5.74) is 5.05. The van der Waals surface area contributed by atoms with Gasteiger partial charge in [-0.25, -0.2) is 0 Å². The van der Waals surface area contributed by atoms with Crippen LogP contribution in [-0.2, 0) is 20.0 Å². The topological polar surface area (TPSA) is 48.2 Å². The standard InChI is InChI=1S/C30H31N3O2S.ClH/c1-32-27-13-16-36-29(27)17-28(32)30(34)25-19-33(26-7-3-2-6-24(25)26)15-4-5-21-8-10-23(11-9-21)35-20-22-12-14-31-18-22;/h2-3,6-11,13,16-17,19,22,31H,4-5,12,14-15,18,20H2,1H3;1H. The molecule has 0 amide bonds. The van der Waals surface area contributed by atoms with E-state index in [9.17, 15) is 4.79 Å². The molecule has 0 radical (unpaired) electrons. The summed E-state index contributed by atoms with van der Waals surface area (Å²) in [7, 11) is 1.98. The van der Waals surface area contributed by atoms with E-state index in [4.69, 9.17) is 4.74 Å². The molecule has 6 rings (SSSR count). The molecule has 2 aromatic carbocycles. The molecule has 1 saturated heterocycles. The molecule has 1 fully saturated rings. The molecular formula is C30H32ClN3O2S. The monoisotopic (exact) mass is 533 g/mol. The van der Waals surface area contributed by atoms with Crippen LogP contribution in [0.2, 0.25) is 0 Å². The second-order valence-corrected chi connectivity index (χ2v) is 10.7. The zero-order valence-electron chi connectivity index (χ0n) is 21.0. The molecule has 37 heavy (non-hydrogen) atoms. The fourth-order valence-corrected chi connectivity index (χ4v) is 6.14. The lowest BCUT2D eigenvalue weighted by Crippen LogP contribution is -2.15. The highest BCUT2D eigenvalue weighted by atomic mass is 35.5. The van der Waals surface area contributed by atoms with Gasteiger partial charge < -0.3 is 19.2 Å². The Balaban J connectivity index is 0.00000280. The highest BCUT2D eigenvalue weighted by molar-refractivity contribution is 7.17. The van der Waals surface area contributed by atoms with Crippen molar-refractivity contribution in [1.82, 2.24) is 14.5 Å². The van der Waals surface area contributed by atoms with E-state index in [-0.39, 0.29) is 18.2 Å². The second-order valence-electron chi connectivity index (χ2n) is 9.76. The molecule has 1 atom stereocenters. The summed E-state index contributed by atoms with van der Waals surface area (Å²) in [6, 6.07) is 20.9. The van der Waals surface area contributed by atoms with Crippen LogP contribution in [0.25, 0.3) is 21.1 Å². The summed E-state index contributed by atoms with van der Waals surface area (Å²) in [6.45, 7) is 3.81. The van der Waals surface area contributed by atoms with Crippen molar-refractivity contribution in [2.24, 2.45) is 13.0 Å². The number of nitrogens with one attached hydrogen (secondary N) is 1. The van der Waals surface area contributed by atoms with Gasteiger partial charge in [0.2, 0.25) is 5.78 Å². The first-order valence-electron chi connectivity index (χ1n) is 12.8. The van der Waals surface area contributed by atoms with Crippen LogP contribution in [-0.4, -0.2) is 34.6 Å². The fourth-order valence-electron chi connectivity index (χ4n) is 5.30. The molecule has 0 saturated carbocycles.